The van der Waals surface area contributed by atoms with Gasteiger partial charge in [0.05, 0.1) is 20.3 Å². The van der Waals surface area contributed by atoms with Crippen molar-refractivity contribution in [1.82, 2.24) is 5.32 Å². The summed E-state index contributed by atoms with van der Waals surface area (Å²) in [4.78, 5) is 11.7. The molecule has 0 aliphatic rings. The number of hydrogen-bond donors (Lipinski definition) is 2. The van der Waals surface area contributed by atoms with Crippen molar-refractivity contribution in [1.29, 1.82) is 0 Å². The molecule has 2 N–H and O–H groups in total. The van der Waals surface area contributed by atoms with Crippen molar-refractivity contribution in [3.05, 3.63) is 22.7 Å². The van der Waals surface area contributed by atoms with E-state index >= 15 is 0 Å². The molecule has 1 rings (SSSR count). The van der Waals surface area contributed by atoms with E-state index in [-0.39, 0.29) is 18.5 Å². The van der Waals surface area contributed by atoms with Gasteiger partial charge in [-0.25, -0.2) is 0 Å². The van der Waals surface area contributed by atoms with Crippen molar-refractivity contribution in [3.63, 3.8) is 0 Å². The topological polar surface area (TPSA) is 59.6 Å². The molecule has 19 heavy (non-hydrogen) atoms. The van der Waals surface area contributed by atoms with Gasteiger partial charge in [0.1, 0.15) is 5.75 Å². The average molecular weight is 331 g/mol. The molecule has 0 bridgehead atoms. The van der Waals surface area contributed by atoms with Gasteiger partial charge in [0, 0.05) is 29.4 Å². The number of carbonyl (C=O) groups excluding carboxylic acids is 1. The average Bonchev–Trinajstić information content (AvgIpc) is 2.36. The van der Waals surface area contributed by atoms with Gasteiger partial charge in [0.25, 0.3) is 0 Å². The first kappa shape index (κ1) is 15.8. The third-order valence-electron chi connectivity index (χ3n) is 2.38. The van der Waals surface area contributed by atoms with E-state index in [9.17, 15) is 4.79 Å². The van der Waals surface area contributed by atoms with Crippen LogP contribution >= 0.6 is 15.9 Å². The molecule has 0 spiro atoms. The largest absolute Gasteiger partial charge is 0.497 e. The number of amides is 1. The Labute approximate surface area is 121 Å². The predicted octanol–water partition coefficient (Wildman–Crippen LogP) is 2.02. The van der Waals surface area contributed by atoms with Crippen molar-refractivity contribution in [2.24, 2.45) is 0 Å². The molecule has 1 unspecified atom stereocenters. The maximum atomic E-state index is 11.7. The normalized spacial score (nSPS) is 11.8. The highest BCUT2D eigenvalue weighted by molar-refractivity contribution is 9.10. The molecule has 0 aromatic heterocycles. The molecule has 0 aliphatic carbocycles. The standard InChI is InChI=1S/C13H19BrN2O3/c1-9(8-18-2)16-13(17)7-15-11-4-10(14)5-12(6-11)19-3/h4-6,9,15H,7-8H2,1-3H3,(H,16,17). The van der Waals surface area contributed by atoms with Gasteiger partial charge in [-0.05, 0) is 19.1 Å². The van der Waals surface area contributed by atoms with Crippen LogP contribution in [0.4, 0.5) is 5.69 Å². The number of halogens is 1. The number of methoxy groups -OCH3 is 2. The van der Waals surface area contributed by atoms with Crippen molar-refractivity contribution < 1.29 is 14.3 Å². The zero-order valence-corrected chi connectivity index (χ0v) is 12.9. The molecule has 0 saturated heterocycles. The monoisotopic (exact) mass is 330 g/mol. The van der Waals surface area contributed by atoms with Crippen molar-refractivity contribution in [3.8, 4) is 5.75 Å². The van der Waals surface area contributed by atoms with Gasteiger partial charge in [-0.2, -0.15) is 0 Å². The van der Waals surface area contributed by atoms with E-state index in [1.807, 2.05) is 25.1 Å². The zero-order valence-electron chi connectivity index (χ0n) is 11.3. The van der Waals surface area contributed by atoms with E-state index in [1.165, 1.54) is 0 Å². The van der Waals surface area contributed by atoms with Crippen LogP contribution in [-0.4, -0.2) is 39.3 Å². The van der Waals surface area contributed by atoms with Crippen molar-refractivity contribution in [2.45, 2.75) is 13.0 Å². The zero-order chi connectivity index (χ0) is 14.3. The Kier molecular flexibility index (Phi) is 6.66. The van der Waals surface area contributed by atoms with Gasteiger partial charge in [0.15, 0.2) is 0 Å². The minimum absolute atomic E-state index is 0.00338. The van der Waals surface area contributed by atoms with Crippen LogP contribution < -0.4 is 15.4 Å². The van der Waals surface area contributed by atoms with Crippen LogP contribution in [0.1, 0.15) is 6.92 Å². The summed E-state index contributed by atoms with van der Waals surface area (Å²) in [6.07, 6.45) is 0. The number of carbonyl (C=O) groups is 1. The van der Waals surface area contributed by atoms with Crippen molar-refractivity contribution >= 4 is 27.5 Å². The molecule has 1 aromatic rings. The molecule has 0 saturated carbocycles. The summed E-state index contributed by atoms with van der Waals surface area (Å²) in [6, 6.07) is 5.56. The molecule has 1 amide bonds. The Bertz CT molecular complexity index is 426. The molecule has 6 heteroatoms. The van der Waals surface area contributed by atoms with Gasteiger partial charge < -0.3 is 20.1 Å². The van der Waals surface area contributed by atoms with Crippen LogP contribution in [0.25, 0.3) is 0 Å². The quantitative estimate of drug-likeness (QED) is 0.803. The van der Waals surface area contributed by atoms with E-state index in [2.05, 4.69) is 26.6 Å². The predicted molar refractivity (Wildman–Crippen MR) is 78.7 cm³/mol. The third kappa shape index (κ3) is 5.94. The first-order valence-corrected chi connectivity index (χ1v) is 6.71. The molecule has 0 heterocycles. The summed E-state index contributed by atoms with van der Waals surface area (Å²) in [5.41, 5.74) is 0.820. The molecule has 0 radical (unpaired) electrons. The van der Waals surface area contributed by atoms with Gasteiger partial charge >= 0.3 is 0 Å². The Morgan fingerprint density at radius 3 is 2.74 bits per heavy atom. The molecule has 1 atom stereocenters. The lowest BCUT2D eigenvalue weighted by Gasteiger charge is -2.14. The van der Waals surface area contributed by atoms with Gasteiger partial charge in [0.2, 0.25) is 5.91 Å². The summed E-state index contributed by atoms with van der Waals surface area (Å²) in [5.74, 6) is 0.647. The summed E-state index contributed by atoms with van der Waals surface area (Å²) < 4.78 is 11.0. The molecule has 106 valence electrons. The Morgan fingerprint density at radius 2 is 2.11 bits per heavy atom. The highest BCUT2D eigenvalue weighted by Gasteiger charge is 2.07. The van der Waals surface area contributed by atoms with Gasteiger partial charge in [-0.3, -0.25) is 4.79 Å². The molecular weight excluding hydrogens is 312 g/mol. The number of anilines is 1. The van der Waals surface area contributed by atoms with Crippen LogP contribution in [0.5, 0.6) is 5.75 Å². The lowest BCUT2D eigenvalue weighted by molar-refractivity contribution is -0.120. The Hall–Kier alpha value is -1.27. The van der Waals surface area contributed by atoms with E-state index < -0.39 is 0 Å². The van der Waals surface area contributed by atoms with Crippen LogP contribution in [0, 0.1) is 0 Å². The van der Waals surface area contributed by atoms with E-state index in [0.29, 0.717) is 6.61 Å². The fraction of sp³-hybridized carbons (Fsp3) is 0.462. The Balaban J connectivity index is 2.48. The Morgan fingerprint density at radius 1 is 1.37 bits per heavy atom. The minimum Gasteiger partial charge on any atom is -0.497 e. The summed E-state index contributed by atoms with van der Waals surface area (Å²) in [5, 5.41) is 5.87. The first-order valence-electron chi connectivity index (χ1n) is 5.92. The van der Waals surface area contributed by atoms with E-state index in [0.717, 1.165) is 15.9 Å². The van der Waals surface area contributed by atoms with E-state index in [4.69, 9.17) is 9.47 Å². The second-order valence-corrected chi connectivity index (χ2v) is 5.07. The number of benzene rings is 1. The number of rotatable bonds is 7. The second kappa shape index (κ2) is 8.01. The smallest absolute Gasteiger partial charge is 0.239 e. The van der Waals surface area contributed by atoms with Crippen LogP contribution in [0.2, 0.25) is 0 Å². The maximum Gasteiger partial charge on any atom is 0.239 e. The van der Waals surface area contributed by atoms with Crippen LogP contribution in [-0.2, 0) is 9.53 Å². The van der Waals surface area contributed by atoms with Gasteiger partial charge in [-0.1, -0.05) is 15.9 Å². The summed E-state index contributed by atoms with van der Waals surface area (Å²) in [6.45, 7) is 2.59. The molecule has 1 aromatic carbocycles. The highest BCUT2D eigenvalue weighted by atomic mass is 79.9. The van der Waals surface area contributed by atoms with E-state index in [1.54, 1.807) is 14.2 Å². The molecule has 5 nitrogen and oxygen atoms in total. The van der Waals surface area contributed by atoms with Gasteiger partial charge in [-0.15, -0.1) is 0 Å². The maximum absolute atomic E-state index is 11.7. The SMILES string of the molecule is COCC(C)NC(=O)CNc1cc(Br)cc(OC)c1. The first-order chi connectivity index (χ1) is 9.05. The second-order valence-electron chi connectivity index (χ2n) is 4.16. The number of hydrogen-bond acceptors (Lipinski definition) is 4. The number of nitrogens with one attached hydrogen (secondary N) is 2. The fourth-order valence-electron chi connectivity index (χ4n) is 1.58. The summed E-state index contributed by atoms with van der Waals surface area (Å²) >= 11 is 3.38. The lowest BCUT2D eigenvalue weighted by atomic mass is 10.3. The minimum atomic E-state index is -0.0801. The number of ether oxygens (including phenoxy) is 2. The highest BCUT2D eigenvalue weighted by Crippen LogP contribution is 2.24. The van der Waals surface area contributed by atoms with Crippen LogP contribution in [0.15, 0.2) is 22.7 Å². The molecule has 0 fully saturated rings. The summed E-state index contributed by atoms with van der Waals surface area (Å²) in [7, 11) is 3.21. The fourth-order valence-corrected chi connectivity index (χ4v) is 2.05. The van der Waals surface area contributed by atoms with Crippen molar-refractivity contribution in [2.75, 3.05) is 32.7 Å². The lowest BCUT2D eigenvalue weighted by Crippen LogP contribution is -2.39. The molecular formula is C13H19BrN2O3. The third-order valence-corrected chi connectivity index (χ3v) is 2.84. The van der Waals surface area contributed by atoms with Crippen LogP contribution in [0.3, 0.4) is 0 Å². The molecule has 0 aliphatic heterocycles.